The van der Waals surface area contributed by atoms with Crippen LogP contribution in [0.25, 0.3) is 0 Å². The summed E-state index contributed by atoms with van der Waals surface area (Å²) in [6.07, 6.45) is 0.948. The van der Waals surface area contributed by atoms with Crippen LogP contribution in [-0.2, 0) is 9.47 Å². The van der Waals surface area contributed by atoms with Crippen LogP contribution >= 0.6 is 11.6 Å². The van der Waals surface area contributed by atoms with Crippen molar-refractivity contribution in [1.29, 1.82) is 0 Å². The summed E-state index contributed by atoms with van der Waals surface area (Å²) in [4.78, 5) is 15.7. The zero-order valence-electron chi connectivity index (χ0n) is 9.61. The molecule has 2 heterocycles. The van der Waals surface area contributed by atoms with E-state index in [1.165, 1.54) is 6.07 Å². The average Bonchev–Trinajstić information content (AvgIpc) is 2.77. The lowest BCUT2D eigenvalue weighted by molar-refractivity contribution is 0.0428. The molecule has 4 nitrogen and oxygen atoms in total. The van der Waals surface area contributed by atoms with E-state index in [1.54, 1.807) is 13.0 Å². The molecule has 1 aliphatic rings. The van der Waals surface area contributed by atoms with E-state index in [-0.39, 0.29) is 5.97 Å². The molecule has 0 saturated carbocycles. The number of rotatable bonds is 3. The van der Waals surface area contributed by atoms with Gasteiger partial charge in [-0.3, -0.25) is 0 Å². The second kappa shape index (κ2) is 5.47. The molecule has 0 radical (unpaired) electrons. The van der Waals surface area contributed by atoms with Crippen molar-refractivity contribution >= 4 is 17.6 Å². The van der Waals surface area contributed by atoms with Crippen molar-refractivity contribution in [2.45, 2.75) is 13.3 Å². The fraction of sp³-hybridized carbons (Fsp3) is 0.500. The van der Waals surface area contributed by atoms with Crippen LogP contribution in [-0.4, -0.2) is 30.8 Å². The number of pyridine rings is 1. The third-order valence-electron chi connectivity index (χ3n) is 2.63. The van der Waals surface area contributed by atoms with Crippen LogP contribution in [0.1, 0.15) is 22.5 Å². The Morgan fingerprint density at radius 2 is 2.47 bits per heavy atom. The van der Waals surface area contributed by atoms with Gasteiger partial charge in [0.2, 0.25) is 0 Å². The highest BCUT2D eigenvalue weighted by Crippen LogP contribution is 2.15. The second-order valence-electron chi connectivity index (χ2n) is 4.15. The minimum absolute atomic E-state index is 0.307. The summed E-state index contributed by atoms with van der Waals surface area (Å²) in [7, 11) is 0. The molecule has 0 aliphatic carbocycles. The minimum atomic E-state index is -0.357. The molecular weight excluding hydrogens is 242 g/mol. The number of carbonyl (C=O) groups is 1. The molecule has 1 aliphatic heterocycles. The van der Waals surface area contributed by atoms with Gasteiger partial charge in [0.25, 0.3) is 0 Å². The highest BCUT2D eigenvalue weighted by Gasteiger charge is 2.18. The van der Waals surface area contributed by atoms with Gasteiger partial charge in [-0.25, -0.2) is 9.78 Å². The fourth-order valence-electron chi connectivity index (χ4n) is 1.74. The normalized spacial score (nSPS) is 19.3. The highest BCUT2D eigenvalue weighted by atomic mass is 35.5. The van der Waals surface area contributed by atoms with Gasteiger partial charge in [-0.05, 0) is 25.5 Å². The number of esters is 1. The predicted molar refractivity (Wildman–Crippen MR) is 63.2 cm³/mol. The molecule has 92 valence electrons. The summed E-state index contributed by atoms with van der Waals surface area (Å²) in [5.41, 5.74) is 1.15. The lowest BCUT2D eigenvalue weighted by Crippen LogP contribution is -2.14. The molecule has 0 spiro atoms. The SMILES string of the molecule is Cc1cc(C(=O)OCC2CCOC2)cc(Cl)n1. The molecule has 5 heteroatoms. The monoisotopic (exact) mass is 255 g/mol. The summed E-state index contributed by atoms with van der Waals surface area (Å²) >= 11 is 5.78. The average molecular weight is 256 g/mol. The van der Waals surface area contributed by atoms with E-state index >= 15 is 0 Å². The first-order valence-corrected chi connectivity index (χ1v) is 5.92. The Hall–Kier alpha value is -1.13. The van der Waals surface area contributed by atoms with Gasteiger partial charge in [0.05, 0.1) is 18.8 Å². The van der Waals surface area contributed by atoms with Crippen molar-refractivity contribution in [2.24, 2.45) is 5.92 Å². The smallest absolute Gasteiger partial charge is 0.338 e. The van der Waals surface area contributed by atoms with Gasteiger partial charge in [0.1, 0.15) is 5.15 Å². The van der Waals surface area contributed by atoms with Crippen molar-refractivity contribution < 1.29 is 14.3 Å². The van der Waals surface area contributed by atoms with E-state index in [2.05, 4.69) is 4.98 Å². The van der Waals surface area contributed by atoms with Gasteiger partial charge in [0.15, 0.2) is 0 Å². The number of halogens is 1. The molecule has 0 bridgehead atoms. The van der Waals surface area contributed by atoms with Gasteiger partial charge >= 0.3 is 5.97 Å². The van der Waals surface area contributed by atoms with Gasteiger partial charge in [-0.15, -0.1) is 0 Å². The summed E-state index contributed by atoms with van der Waals surface area (Å²) < 4.78 is 10.4. The van der Waals surface area contributed by atoms with E-state index in [0.717, 1.165) is 13.0 Å². The highest BCUT2D eigenvalue weighted by molar-refractivity contribution is 6.29. The first-order chi connectivity index (χ1) is 8.15. The van der Waals surface area contributed by atoms with Crippen molar-refractivity contribution in [3.8, 4) is 0 Å². The van der Waals surface area contributed by atoms with E-state index < -0.39 is 0 Å². The van der Waals surface area contributed by atoms with Crippen molar-refractivity contribution in [1.82, 2.24) is 4.98 Å². The van der Waals surface area contributed by atoms with Gasteiger partial charge in [-0.1, -0.05) is 11.6 Å². The molecule has 1 fully saturated rings. The zero-order valence-corrected chi connectivity index (χ0v) is 10.4. The molecular formula is C12H14ClNO3. The van der Waals surface area contributed by atoms with Crippen LogP contribution in [0.2, 0.25) is 5.15 Å². The van der Waals surface area contributed by atoms with E-state index in [1.807, 2.05) is 0 Å². The maximum Gasteiger partial charge on any atom is 0.338 e. The van der Waals surface area contributed by atoms with Crippen molar-refractivity contribution in [3.05, 3.63) is 28.5 Å². The molecule has 0 aromatic carbocycles. The zero-order chi connectivity index (χ0) is 12.3. The maximum atomic E-state index is 11.8. The number of hydrogen-bond donors (Lipinski definition) is 0. The van der Waals surface area contributed by atoms with E-state index in [0.29, 0.717) is 35.5 Å². The minimum Gasteiger partial charge on any atom is -0.462 e. The number of ether oxygens (including phenoxy) is 2. The number of hydrogen-bond acceptors (Lipinski definition) is 4. The van der Waals surface area contributed by atoms with Gasteiger partial charge in [-0.2, -0.15) is 0 Å². The summed E-state index contributed by atoms with van der Waals surface area (Å²) in [6.45, 7) is 3.61. The van der Waals surface area contributed by atoms with Crippen molar-refractivity contribution in [2.75, 3.05) is 19.8 Å². The molecule has 1 unspecified atom stereocenters. The standard InChI is InChI=1S/C12H14ClNO3/c1-8-4-10(5-11(13)14-8)12(15)17-7-9-2-3-16-6-9/h4-5,9H,2-3,6-7H2,1H3. The van der Waals surface area contributed by atoms with Crippen molar-refractivity contribution in [3.63, 3.8) is 0 Å². The Morgan fingerprint density at radius 3 is 3.12 bits per heavy atom. The summed E-state index contributed by atoms with van der Waals surface area (Å²) in [6, 6.07) is 3.18. The number of nitrogens with zero attached hydrogens (tertiary/aromatic N) is 1. The molecule has 1 aromatic rings. The van der Waals surface area contributed by atoms with Gasteiger partial charge < -0.3 is 9.47 Å². The first kappa shape index (κ1) is 12.3. The number of aromatic nitrogens is 1. The quantitative estimate of drug-likeness (QED) is 0.614. The third-order valence-corrected chi connectivity index (χ3v) is 2.83. The molecule has 1 saturated heterocycles. The summed E-state index contributed by atoms with van der Waals surface area (Å²) in [5.74, 6) is -0.0401. The Bertz CT molecular complexity index is 396. The van der Waals surface area contributed by atoms with Gasteiger partial charge in [0, 0.05) is 18.2 Å². The molecule has 0 N–H and O–H groups in total. The first-order valence-electron chi connectivity index (χ1n) is 5.54. The van der Waals surface area contributed by atoms with Crippen LogP contribution in [0.3, 0.4) is 0 Å². The Kier molecular flexibility index (Phi) is 3.97. The third kappa shape index (κ3) is 3.41. The lowest BCUT2D eigenvalue weighted by Gasteiger charge is -2.09. The van der Waals surface area contributed by atoms with Crippen LogP contribution < -0.4 is 0 Å². The Balaban J connectivity index is 1.94. The topological polar surface area (TPSA) is 48.4 Å². The predicted octanol–water partition coefficient (Wildman–Crippen LogP) is 2.24. The Labute approximate surface area is 105 Å². The Morgan fingerprint density at radius 1 is 1.65 bits per heavy atom. The van der Waals surface area contributed by atoms with Crippen LogP contribution in [0.4, 0.5) is 0 Å². The molecule has 17 heavy (non-hydrogen) atoms. The van der Waals surface area contributed by atoms with E-state index in [9.17, 15) is 4.79 Å². The molecule has 2 rings (SSSR count). The number of carbonyl (C=O) groups excluding carboxylic acids is 1. The maximum absolute atomic E-state index is 11.8. The number of aryl methyl sites for hydroxylation is 1. The molecule has 0 amide bonds. The molecule has 1 aromatic heterocycles. The largest absolute Gasteiger partial charge is 0.462 e. The van der Waals surface area contributed by atoms with Crippen LogP contribution in [0, 0.1) is 12.8 Å². The second-order valence-corrected chi connectivity index (χ2v) is 4.54. The van der Waals surface area contributed by atoms with Crippen LogP contribution in [0.15, 0.2) is 12.1 Å². The van der Waals surface area contributed by atoms with E-state index in [4.69, 9.17) is 21.1 Å². The van der Waals surface area contributed by atoms with Crippen LogP contribution in [0.5, 0.6) is 0 Å². The molecule has 1 atom stereocenters. The summed E-state index contributed by atoms with van der Waals surface area (Å²) in [5, 5.41) is 0.307. The fourth-order valence-corrected chi connectivity index (χ4v) is 1.99. The lowest BCUT2D eigenvalue weighted by atomic mass is 10.1.